The van der Waals surface area contributed by atoms with Crippen molar-refractivity contribution in [2.24, 2.45) is 4.99 Å². The average Bonchev–Trinajstić information content (AvgIpc) is 3.50. The highest BCUT2D eigenvalue weighted by molar-refractivity contribution is 8.18. The van der Waals surface area contributed by atoms with Crippen molar-refractivity contribution in [2.75, 3.05) is 7.11 Å². The number of halogens is 1. The third-order valence-electron chi connectivity index (χ3n) is 5.70. The molecule has 0 atom stereocenters. The molecule has 190 valence electrons. The van der Waals surface area contributed by atoms with E-state index < -0.39 is 4.92 Å². The minimum absolute atomic E-state index is 0.0442. The number of rotatable bonds is 7. The van der Waals surface area contributed by atoms with Crippen molar-refractivity contribution >= 4 is 51.9 Å². The van der Waals surface area contributed by atoms with Crippen LogP contribution >= 0.6 is 23.4 Å². The summed E-state index contributed by atoms with van der Waals surface area (Å²) in [7, 11) is 1.60. The van der Waals surface area contributed by atoms with Crippen LogP contribution in [-0.2, 0) is 11.3 Å². The van der Waals surface area contributed by atoms with Crippen LogP contribution in [0.1, 0.15) is 11.3 Å². The molecule has 1 aromatic heterocycles. The van der Waals surface area contributed by atoms with Gasteiger partial charge in [-0.2, -0.15) is 0 Å². The smallest absolute Gasteiger partial charge is 0.288 e. The van der Waals surface area contributed by atoms with E-state index >= 15 is 0 Å². The van der Waals surface area contributed by atoms with Crippen LogP contribution in [0.4, 0.5) is 11.4 Å². The van der Waals surface area contributed by atoms with E-state index in [1.165, 1.54) is 23.9 Å². The van der Waals surface area contributed by atoms with E-state index in [9.17, 15) is 14.9 Å². The highest BCUT2D eigenvalue weighted by atomic mass is 35.5. The van der Waals surface area contributed by atoms with Crippen molar-refractivity contribution in [3.8, 4) is 17.1 Å². The summed E-state index contributed by atoms with van der Waals surface area (Å²) in [5, 5.41) is 11.8. The SMILES string of the molecule is COc1ccc(CN2C(=O)C(=Cc3ccc(-c4ccc(Cl)c([N+](=O)[O-])c4)o3)SC2=Nc2ccccc2)cc1. The van der Waals surface area contributed by atoms with E-state index in [2.05, 4.69) is 0 Å². The molecule has 1 amide bonds. The van der Waals surface area contributed by atoms with Gasteiger partial charge in [0.1, 0.15) is 22.3 Å². The molecular formula is C28H20ClN3O5S. The molecule has 1 fully saturated rings. The molecule has 1 aliphatic heterocycles. The number of nitrogens with zero attached hydrogens (tertiary/aromatic N) is 3. The molecule has 0 saturated carbocycles. The Morgan fingerprint density at radius 2 is 1.84 bits per heavy atom. The summed E-state index contributed by atoms with van der Waals surface area (Å²) >= 11 is 7.18. The molecule has 0 unspecified atom stereocenters. The second kappa shape index (κ2) is 11.0. The maximum absolute atomic E-state index is 13.5. The van der Waals surface area contributed by atoms with Gasteiger partial charge in [-0.05, 0) is 65.9 Å². The Labute approximate surface area is 227 Å². The summed E-state index contributed by atoms with van der Waals surface area (Å²) in [5.74, 6) is 1.37. The van der Waals surface area contributed by atoms with Crippen molar-refractivity contribution in [3.63, 3.8) is 0 Å². The number of hydrogen-bond donors (Lipinski definition) is 0. The molecule has 0 N–H and O–H groups in total. The number of carbonyl (C=O) groups is 1. The minimum atomic E-state index is -0.545. The zero-order chi connectivity index (χ0) is 26.6. The number of carbonyl (C=O) groups excluding carboxylic acids is 1. The number of aliphatic imine (C=N–C) groups is 1. The maximum atomic E-state index is 13.5. The first-order valence-electron chi connectivity index (χ1n) is 11.4. The van der Waals surface area contributed by atoms with Gasteiger partial charge in [0.25, 0.3) is 11.6 Å². The second-order valence-electron chi connectivity index (χ2n) is 8.21. The molecule has 3 aromatic carbocycles. The number of para-hydroxylation sites is 1. The summed E-state index contributed by atoms with van der Waals surface area (Å²) in [6, 6.07) is 24.8. The Morgan fingerprint density at radius 3 is 2.55 bits per heavy atom. The molecule has 1 saturated heterocycles. The molecule has 0 bridgehead atoms. The molecule has 0 aliphatic carbocycles. The Kier molecular flexibility index (Phi) is 7.30. The lowest BCUT2D eigenvalue weighted by molar-refractivity contribution is -0.384. The fourth-order valence-electron chi connectivity index (χ4n) is 3.78. The van der Waals surface area contributed by atoms with E-state index in [0.717, 1.165) is 17.0 Å². The van der Waals surface area contributed by atoms with Gasteiger partial charge in [0, 0.05) is 17.7 Å². The first-order chi connectivity index (χ1) is 18.4. The zero-order valence-corrected chi connectivity index (χ0v) is 21.6. The number of thioether (sulfide) groups is 1. The fraction of sp³-hybridized carbons (Fsp3) is 0.0714. The first kappa shape index (κ1) is 25.3. The number of furan rings is 1. The topological polar surface area (TPSA) is 98.2 Å². The van der Waals surface area contributed by atoms with Crippen molar-refractivity contribution in [3.05, 3.63) is 116 Å². The Bertz CT molecular complexity index is 1570. The lowest BCUT2D eigenvalue weighted by Gasteiger charge is -2.16. The van der Waals surface area contributed by atoms with Gasteiger partial charge in [-0.25, -0.2) is 4.99 Å². The van der Waals surface area contributed by atoms with E-state index in [-0.39, 0.29) is 16.6 Å². The van der Waals surface area contributed by atoms with E-state index in [1.54, 1.807) is 36.3 Å². The molecule has 5 rings (SSSR count). The van der Waals surface area contributed by atoms with Crippen LogP contribution < -0.4 is 4.74 Å². The third-order valence-corrected chi connectivity index (χ3v) is 7.02. The van der Waals surface area contributed by atoms with Crippen LogP contribution in [0, 0.1) is 10.1 Å². The van der Waals surface area contributed by atoms with Crippen molar-refractivity contribution in [1.82, 2.24) is 4.90 Å². The Balaban J connectivity index is 1.45. The van der Waals surface area contributed by atoms with E-state index in [1.807, 2.05) is 54.6 Å². The number of ether oxygens (including phenoxy) is 1. The van der Waals surface area contributed by atoms with E-state index in [4.69, 9.17) is 25.7 Å². The lowest BCUT2D eigenvalue weighted by Crippen LogP contribution is -2.28. The first-order valence-corrected chi connectivity index (χ1v) is 12.6. The summed E-state index contributed by atoms with van der Waals surface area (Å²) < 4.78 is 11.1. The van der Waals surface area contributed by atoms with Gasteiger partial charge < -0.3 is 9.15 Å². The van der Waals surface area contributed by atoms with Crippen LogP contribution in [0.25, 0.3) is 17.4 Å². The summed E-state index contributed by atoms with van der Waals surface area (Å²) in [4.78, 5) is 31.0. The highest BCUT2D eigenvalue weighted by Crippen LogP contribution is 2.37. The number of nitro groups is 1. The van der Waals surface area contributed by atoms with Crippen molar-refractivity contribution in [1.29, 1.82) is 0 Å². The van der Waals surface area contributed by atoms with Crippen LogP contribution in [0.5, 0.6) is 5.75 Å². The van der Waals surface area contributed by atoms with Gasteiger partial charge in [0.2, 0.25) is 0 Å². The number of benzene rings is 3. The van der Waals surface area contributed by atoms with Gasteiger partial charge >= 0.3 is 0 Å². The summed E-state index contributed by atoms with van der Waals surface area (Å²) in [5.41, 5.74) is 1.95. The van der Waals surface area contributed by atoms with Gasteiger partial charge in [0.05, 0.1) is 29.2 Å². The molecule has 1 aliphatic rings. The zero-order valence-electron chi connectivity index (χ0n) is 20.0. The monoisotopic (exact) mass is 545 g/mol. The van der Waals surface area contributed by atoms with Crippen LogP contribution in [0.3, 0.4) is 0 Å². The molecule has 2 heterocycles. The molecule has 8 nitrogen and oxygen atoms in total. The fourth-order valence-corrected chi connectivity index (χ4v) is 4.94. The third kappa shape index (κ3) is 5.49. The molecule has 38 heavy (non-hydrogen) atoms. The minimum Gasteiger partial charge on any atom is -0.497 e. The molecule has 0 spiro atoms. The lowest BCUT2D eigenvalue weighted by atomic mass is 10.1. The maximum Gasteiger partial charge on any atom is 0.288 e. The van der Waals surface area contributed by atoms with Crippen LogP contribution in [-0.4, -0.2) is 28.0 Å². The number of hydrogen-bond acceptors (Lipinski definition) is 7. The van der Waals surface area contributed by atoms with Crippen LogP contribution in [0.2, 0.25) is 5.02 Å². The molecule has 4 aromatic rings. The predicted octanol–water partition coefficient (Wildman–Crippen LogP) is 7.32. The van der Waals surface area contributed by atoms with Gasteiger partial charge in [0.15, 0.2) is 5.17 Å². The Hall–Kier alpha value is -4.34. The molecule has 0 radical (unpaired) electrons. The number of amidine groups is 1. The van der Waals surface area contributed by atoms with Gasteiger partial charge in [-0.15, -0.1) is 0 Å². The average molecular weight is 546 g/mol. The molecular weight excluding hydrogens is 526 g/mol. The second-order valence-corrected chi connectivity index (χ2v) is 9.62. The highest BCUT2D eigenvalue weighted by Gasteiger charge is 2.34. The van der Waals surface area contributed by atoms with E-state index in [0.29, 0.717) is 33.7 Å². The number of methoxy groups -OCH3 is 1. The van der Waals surface area contributed by atoms with Crippen molar-refractivity contribution < 1.29 is 18.9 Å². The van der Waals surface area contributed by atoms with Gasteiger partial charge in [-0.3, -0.25) is 19.8 Å². The van der Waals surface area contributed by atoms with Gasteiger partial charge in [-0.1, -0.05) is 41.9 Å². The standard InChI is InChI=1S/C28H20ClN3O5S/c1-36-21-10-7-18(8-11-21)17-31-27(33)26(38-28(31)30-20-5-3-2-4-6-20)16-22-12-14-25(37-22)19-9-13-23(29)24(15-19)32(34)35/h2-16H,17H2,1H3. The molecule has 10 heteroatoms. The van der Waals surface area contributed by atoms with Crippen LogP contribution in [0.15, 0.2) is 99.2 Å². The largest absolute Gasteiger partial charge is 0.497 e. The quantitative estimate of drug-likeness (QED) is 0.137. The Morgan fingerprint density at radius 1 is 1.08 bits per heavy atom. The normalized spacial score (nSPS) is 15.4. The predicted molar refractivity (Wildman–Crippen MR) is 148 cm³/mol. The van der Waals surface area contributed by atoms with Crippen molar-refractivity contribution in [2.45, 2.75) is 6.54 Å². The number of amides is 1. The summed E-state index contributed by atoms with van der Waals surface area (Å²) in [6.45, 7) is 0.330. The number of nitro benzene ring substituents is 1. The summed E-state index contributed by atoms with van der Waals surface area (Å²) in [6.07, 6.45) is 1.65.